The summed E-state index contributed by atoms with van der Waals surface area (Å²) in [5.41, 5.74) is 4.61. The standard InChI is InChI=1S/C13H19N/c1-3-10-4-5-12-9-13(14-2)7-6-11(12)8-10/h4-5,8,13-14H,3,6-7,9H2,1-2H3. The number of benzene rings is 1. The molecule has 0 saturated carbocycles. The van der Waals surface area contributed by atoms with Crippen LogP contribution in [0, 0.1) is 0 Å². The van der Waals surface area contributed by atoms with Crippen LogP contribution in [0.25, 0.3) is 0 Å². The second kappa shape index (κ2) is 4.14. The van der Waals surface area contributed by atoms with Gasteiger partial charge in [-0.2, -0.15) is 0 Å². The number of hydrogen-bond acceptors (Lipinski definition) is 1. The number of rotatable bonds is 2. The van der Waals surface area contributed by atoms with E-state index in [4.69, 9.17) is 0 Å². The Kier molecular flexibility index (Phi) is 2.87. The molecule has 0 radical (unpaired) electrons. The summed E-state index contributed by atoms with van der Waals surface area (Å²) < 4.78 is 0. The highest BCUT2D eigenvalue weighted by molar-refractivity contribution is 5.34. The third-order valence-electron chi connectivity index (χ3n) is 3.32. The van der Waals surface area contributed by atoms with Gasteiger partial charge in [-0.1, -0.05) is 25.1 Å². The van der Waals surface area contributed by atoms with Crippen LogP contribution >= 0.6 is 0 Å². The Labute approximate surface area is 86.5 Å². The predicted molar refractivity (Wildman–Crippen MR) is 60.7 cm³/mol. The van der Waals surface area contributed by atoms with E-state index in [2.05, 4.69) is 37.5 Å². The molecule has 0 amide bonds. The topological polar surface area (TPSA) is 12.0 Å². The Bertz CT molecular complexity index is 317. The van der Waals surface area contributed by atoms with Crippen LogP contribution in [0.2, 0.25) is 0 Å². The molecule has 0 aromatic heterocycles. The minimum Gasteiger partial charge on any atom is -0.317 e. The van der Waals surface area contributed by atoms with Crippen molar-refractivity contribution >= 4 is 0 Å². The van der Waals surface area contributed by atoms with Gasteiger partial charge < -0.3 is 5.32 Å². The van der Waals surface area contributed by atoms with Crippen molar-refractivity contribution in [1.82, 2.24) is 5.32 Å². The van der Waals surface area contributed by atoms with Crippen LogP contribution in [0.5, 0.6) is 0 Å². The third kappa shape index (κ3) is 1.83. The Morgan fingerprint density at radius 2 is 2.21 bits per heavy atom. The van der Waals surface area contributed by atoms with Gasteiger partial charge >= 0.3 is 0 Å². The third-order valence-corrected chi connectivity index (χ3v) is 3.32. The normalized spacial score (nSPS) is 20.6. The lowest BCUT2D eigenvalue weighted by atomic mass is 9.87. The number of hydrogen-bond donors (Lipinski definition) is 1. The van der Waals surface area contributed by atoms with Gasteiger partial charge in [0.05, 0.1) is 0 Å². The maximum Gasteiger partial charge on any atom is 0.0108 e. The molecule has 0 bridgehead atoms. The van der Waals surface area contributed by atoms with Crippen LogP contribution in [0.15, 0.2) is 18.2 Å². The van der Waals surface area contributed by atoms with Gasteiger partial charge in [0.25, 0.3) is 0 Å². The van der Waals surface area contributed by atoms with E-state index in [-0.39, 0.29) is 0 Å². The fourth-order valence-corrected chi connectivity index (χ4v) is 2.27. The van der Waals surface area contributed by atoms with Crippen molar-refractivity contribution in [3.63, 3.8) is 0 Å². The minimum atomic E-state index is 0.690. The fraction of sp³-hybridized carbons (Fsp3) is 0.538. The van der Waals surface area contributed by atoms with Crippen LogP contribution in [-0.4, -0.2) is 13.1 Å². The summed E-state index contributed by atoms with van der Waals surface area (Å²) in [5, 5.41) is 3.37. The molecule has 0 saturated heterocycles. The maximum atomic E-state index is 3.37. The summed E-state index contributed by atoms with van der Waals surface area (Å²) in [6.45, 7) is 2.22. The van der Waals surface area contributed by atoms with Crippen LogP contribution in [-0.2, 0) is 19.3 Å². The molecular formula is C13H19N. The summed E-state index contributed by atoms with van der Waals surface area (Å²) in [6.07, 6.45) is 4.89. The molecule has 1 unspecified atom stereocenters. The van der Waals surface area contributed by atoms with Crippen molar-refractivity contribution in [3.05, 3.63) is 34.9 Å². The molecule has 1 aromatic carbocycles. The summed E-state index contributed by atoms with van der Waals surface area (Å²) in [7, 11) is 2.07. The molecule has 1 aromatic rings. The predicted octanol–water partition coefficient (Wildman–Crippen LogP) is 2.33. The number of aryl methyl sites for hydroxylation is 2. The zero-order chi connectivity index (χ0) is 9.97. The molecule has 1 aliphatic carbocycles. The van der Waals surface area contributed by atoms with E-state index in [0.717, 1.165) is 6.42 Å². The van der Waals surface area contributed by atoms with Gasteiger partial charge in [0.1, 0.15) is 0 Å². The smallest absolute Gasteiger partial charge is 0.0108 e. The quantitative estimate of drug-likeness (QED) is 0.753. The molecule has 76 valence electrons. The van der Waals surface area contributed by atoms with Crippen molar-refractivity contribution in [2.75, 3.05) is 7.05 Å². The summed E-state index contributed by atoms with van der Waals surface area (Å²) in [5.74, 6) is 0. The van der Waals surface area contributed by atoms with Crippen molar-refractivity contribution in [1.29, 1.82) is 0 Å². The zero-order valence-electron chi connectivity index (χ0n) is 9.14. The summed E-state index contributed by atoms with van der Waals surface area (Å²) in [4.78, 5) is 0. The summed E-state index contributed by atoms with van der Waals surface area (Å²) >= 11 is 0. The van der Waals surface area contributed by atoms with Gasteiger partial charge in [0.15, 0.2) is 0 Å². The van der Waals surface area contributed by atoms with Crippen molar-refractivity contribution in [2.24, 2.45) is 0 Å². The lowest BCUT2D eigenvalue weighted by Crippen LogP contribution is -2.31. The molecule has 1 aliphatic rings. The van der Waals surface area contributed by atoms with Gasteiger partial charge in [-0.3, -0.25) is 0 Å². The Hall–Kier alpha value is -0.820. The minimum absolute atomic E-state index is 0.690. The van der Waals surface area contributed by atoms with Crippen molar-refractivity contribution < 1.29 is 0 Å². The highest BCUT2D eigenvalue weighted by Gasteiger charge is 2.16. The van der Waals surface area contributed by atoms with Crippen LogP contribution in [0.4, 0.5) is 0 Å². The Balaban J connectivity index is 2.23. The van der Waals surface area contributed by atoms with Gasteiger partial charge in [0.2, 0.25) is 0 Å². The summed E-state index contributed by atoms with van der Waals surface area (Å²) in [6, 6.07) is 7.67. The van der Waals surface area contributed by atoms with Crippen molar-refractivity contribution in [2.45, 2.75) is 38.6 Å². The maximum absolute atomic E-state index is 3.37. The molecule has 1 heteroatoms. The van der Waals surface area contributed by atoms with E-state index in [1.54, 1.807) is 11.1 Å². The lowest BCUT2D eigenvalue weighted by Gasteiger charge is -2.24. The van der Waals surface area contributed by atoms with E-state index in [1.807, 2.05) is 0 Å². The second-order valence-corrected chi connectivity index (χ2v) is 4.19. The monoisotopic (exact) mass is 189 g/mol. The molecule has 1 nitrogen and oxygen atoms in total. The molecular weight excluding hydrogens is 170 g/mol. The van der Waals surface area contributed by atoms with Gasteiger partial charge in [0, 0.05) is 6.04 Å². The molecule has 0 heterocycles. The van der Waals surface area contributed by atoms with E-state index < -0.39 is 0 Å². The van der Waals surface area contributed by atoms with E-state index in [0.29, 0.717) is 6.04 Å². The fourth-order valence-electron chi connectivity index (χ4n) is 2.27. The highest BCUT2D eigenvalue weighted by atomic mass is 14.9. The Morgan fingerprint density at radius 3 is 2.93 bits per heavy atom. The van der Waals surface area contributed by atoms with Crippen LogP contribution < -0.4 is 5.32 Å². The molecule has 1 atom stereocenters. The van der Waals surface area contributed by atoms with Gasteiger partial charge in [-0.25, -0.2) is 0 Å². The van der Waals surface area contributed by atoms with E-state index in [9.17, 15) is 0 Å². The molecule has 0 fully saturated rings. The van der Waals surface area contributed by atoms with Gasteiger partial charge in [-0.05, 0) is 49.4 Å². The van der Waals surface area contributed by atoms with Crippen LogP contribution in [0.1, 0.15) is 30.0 Å². The number of nitrogens with one attached hydrogen (secondary N) is 1. The molecule has 2 rings (SSSR count). The first kappa shape index (κ1) is 9.72. The number of likely N-dealkylation sites (N-methyl/N-ethyl adjacent to an activating group) is 1. The van der Waals surface area contributed by atoms with Crippen molar-refractivity contribution in [3.8, 4) is 0 Å². The average molecular weight is 189 g/mol. The van der Waals surface area contributed by atoms with Crippen LogP contribution in [0.3, 0.4) is 0 Å². The first-order valence-electron chi connectivity index (χ1n) is 5.61. The highest BCUT2D eigenvalue weighted by Crippen LogP contribution is 2.22. The molecule has 14 heavy (non-hydrogen) atoms. The second-order valence-electron chi connectivity index (χ2n) is 4.19. The number of fused-ring (bicyclic) bond motifs is 1. The molecule has 1 N–H and O–H groups in total. The SMILES string of the molecule is CCc1ccc2c(c1)CCC(NC)C2. The Morgan fingerprint density at radius 1 is 1.36 bits per heavy atom. The van der Waals surface area contributed by atoms with Gasteiger partial charge in [-0.15, -0.1) is 0 Å². The zero-order valence-corrected chi connectivity index (χ0v) is 9.14. The van der Waals surface area contributed by atoms with E-state index in [1.165, 1.54) is 24.8 Å². The molecule has 0 spiro atoms. The van der Waals surface area contributed by atoms with E-state index >= 15 is 0 Å². The lowest BCUT2D eigenvalue weighted by molar-refractivity contribution is 0.496. The average Bonchev–Trinajstić information content (AvgIpc) is 2.27. The first-order valence-corrected chi connectivity index (χ1v) is 5.61. The largest absolute Gasteiger partial charge is 0.317 e. The first-order chi connectivity index (χ1) is 6.83. The molecule has 0 aliphatic heterocycles.